The van der Waals surface area contributed by atoms with E-state index in [-0.39, 0.29) is 5.82 Å². The molecule has 0 aliphatic carbocycles. The zero-order valence-corrected chi connectivity index (χ0v) is 12.0. The molecule has 0 radical (unpaired) electrons. The van der Waals surface area contributed by atoms with Crippen molar-refractivity contribution < 1.29 is 4.39 Å². The predicted molar refractivity (Wildman–Crippen MR) is 78.9 cm³/mol. The van der Waals surface area contributed by atoms with Crippen molar-refractivity contribution in [1.29, 1.82) is 0 Å². The first-order valence-corrected chi connectivity index (χ1v) is 7.67. The van der Waals surface area contributed by atoms with E-state index in [4.69, 9.17) is 5.73 Å². The Morgan fingerprint density at radius 1 is 1.15 bits per heavy atom. The Morgan fingerprint density at radius 2 is 1.95 bits per heavy atom. The van der Waals surface area contributed by atoms with E-state index in [0.29, 0.717) is 12.1 Å². The normalized spacial score (nSPS) is 26.2. The van der Waals surface area contributed by atoms with Crippen LogP contribution in [0.3, 0.4) is 0 Å². The first kappa shape index (κ1) is 14.0. The van der Waals surface area contributed by atoms with Gasteiger partial charge in [-0.15, -0.1) is 0 Å². The summed E-state index contributed by atoms with van der Waals surface area (Å²) < 4.78 is 13.2. The van der Waals surface area contributed by atoms with E-state index in [0.717, 1.165) is 51.1 Å². The number of hydrogen-bond acceptors (Lipinski definition) is 3. The van der Waals surface area contributed by atoms with Crippen molar-refractivity contribution in [3.63, 3.8) is 0 Å². The maximum atomic E-state index is 13.2. The molecule has 2 fully saturated rings. The number of rotatable bonds is 3. The Bertz CT molecular complexity index is 443. The fourth-order valence-electron chi connectivity index (χ4n) is 3.43. The molecule has 3 rings (SSSR count). The van der Waals surface area contributed by atoms with Crippen molar-refractivity contribution in [2.45, 2.75) is 37.9 Å². The quantitative estimate of drug-likeness (QED) is 0.915. The third kappa shape index (κ3) is 3.37. The third-order valence-corrected chi connectivity index (χ3v) is 4.63. The summed E-state index contributed by atoms with van der Waals surface area (Å²) in [7, 11) is 0. The van der Waals surface area contributed by atoms with Gasteiger partial charge in [0.25, 0.3) is 0 Å². The van der Waals surface area contributed by atoms with Gasteiger partial charge in [-0.2, -0.15) is 0 Å². The van der Waals surface area contributed by atoms with Crippen molar-refractivity contribution in [3.05, 3.63) is 35.6 Å². The highest BCUT2D eigenvalue weighted by Crippen LogP contribution is 2.21. The summed E-state index contributed by atoms with van der Waals surface area (Å²) >= 11 is 0. The van der Waals surface area contributed by atoms with E-state index in [2.05, 4.69) is 9.80 Å². The van der Waals surface area contributed by atoms with Crippen LogP contribution in [0.25, 0.3) is 0 Å². The van der Waals surface area contributed by atoms with Gasteiger partial charge in [-0.3, -0.25) is 9.80 Å². The van der Waals surface area contributed by atoms with Crippen molar-refractivity contribution in [1.82, 2.24) is 9.80 Å². The van der Waals surface area contributed by atoms with Crippen LogP contribution >= 0.6 is 0 Å². The van der Waals surface area contributed by atoms with Gasteiger partial charge in [0.2, 0.25) is 0 Å². The van der Waals surface area contributed by atoms with Gasteiger partial charge < -0.3 is 5.73 Å². The number of hydrogen-bond donors (Lipinski definition) is 1. The molecule has 0 aromatic heterocycles. The van der Waals surface area contributed by atoms with E-state index in [1.807, 2.05) is 6.07 Å². The zero-order valence-electron chi connectivity index (χ0n) is 12.0. The molecule has 1 atom stereocenters. The lowest BCUT2D eigenvalue weighted by molar-refractivity contribution is 0.151. The van der Waals surface area contributed by atoms with Crippen molar-refractivity contribution in [2.24, 2.45) is 5.73 Å². The summed E-state index contributed by atoms with van der Waals surface area (Å²) in [4.78, 5) is 5.03. The molecule has 2 aliphatic heterocycles. The lowest BCUT2D eigenvalue weighted by Crippen LogP contribution is -2.46. The molecule has 0 saturated carbocycles. The van der Waals surface area contributed by atoms with Crippen LogP contribution in [0.15, 0.2) is 24.3 Å². The maximum absolute atomic E-state index is 13.2. The molecule has 0 amide bonds. The Hall–Kier alpha value is -0.970. The average Bonchev–Trinajstić information content (AvgIpc) is 2.88. The summed E-state index contributed by atoms with van der Waals surface area (Å²) in [5.41, 5.74) is 7.04. The molecular formula is C16H24FN3. The van der Waals surface area contributed by atoms with Gasteiger partial charge in [0.1, 0.15) is 5.82 Å². The van der Waals surface area contributed by atoms with Gasteiger partial charge >= 0.3 is 0 Å². The Labute approximate surface area is 120 Å². The van der Waals surface area contributed by atoms with Crippen molar-refractivity contribution in [3.8, 4) is 0 Å². The van der Waals surface area contributed by atoms with Crippen LogP contribution in [-0.4, -0.2) is 48.1 Å². The van der Waals surface area contributed by atoms with Gasteiger partial charge in [-0.05, 0) is 50.0 Å². The molecule has 1 aromatic carbocycles. The third-order valence-electron chi connectivity index (χ3n) is 4.63. The molecule has 110 valence electrons. The standard InChI is InChI=1S/C16H24FN3/c17-14-3-1-2-13(10-14)11-19-7-6-16(12-19)20-8-4-15(18)5-9-20/h1-3,10,15-16H,4-9,11-12,18H2. The number of likely N-dealkylation sites (tertiary alicyclic amines) is 2. The highest BCUT2D eigenvalue weighted by atomic mass is 19.1. The van der Waals surface area contributed by atoms with Crippen LogP contribution < -0.4 is 5.73 Å². The van der Waals surface area contributed by atoms with E-state index in [9.17, 15) is 4.39 Å². The maximum Gasteiger partial charge on any atom is 0.123 e. The highest BCUT2D eigenvalue weighted by Gasteiger charge is 2.29. The smallest absolute Gasteiger partial charge is 0.123 e. The van der Waals surface area contributed by atoms with Crippen LogP contribution in [0, 0.1) is 5.82 Å². The van der Waals surface area contributed by atoms with Crippen LogP contribution in [0.1, 0.15) is 24.8 Å². The average molecular weight is 277 g/mol. The lowest BCUT2D eigenvalue weighted by atomic mass is 10.0. The number of halogens is 1. The summed E-state index contributed by atoms with van der Waals surface area (Å²) in [6.45, 7) is 5.36. The molecule has 2 aliphatic rings. The molecule has 2 saturated heterocycles. The minimum atomic E-state index is -0.136. The SMILES string of the molecule is NC1CCN(C2CCN(Cc3cccc(F)c3)C2)CC1. The molecule has 1 unspecified atom stereocenters. The fourth-order valence-corrected chi connectivity index (χ4v) is 3.43. The molecule has 20 heavy (non-hydrogen) atoms. The van der Waals surface area contributed by atoms with Crippen LogP contribution in [0.4, 0.5) is 4.39 Å². The largest absolute Gasteiger partial charge is 0.328 e. The number of benzene rings is 1. The van der Waals surface area contributed by atoms with Gasteiger partial charge in [-0.1, -0.05) is 12.1 Å². The summed E-state index contributed by atoms with van der Waals surface area (Å²) in [6, 6.07) is 8.02. The molecule has 4 heteroatoms. The molecule has 3 nitrogen and oxygen atoms in total. The van der Waals surface area contributed by atoms with E-state index < -0.39 is 0 Å². The van der Waals surface area contributed by atoms with Gasteiger partial charge in [0, 0.05) is 31.7 Å². The second-order valence-electron chi connectivity index (χ2n) is 6.18. The Morgan fingerprint density at radius 3 is 2.70 bits per heavy atom. The monoisotopic (exact) mass is 277 g/mol. The predicted octanol–water partition coefficient (Wildman–Crippen LogP) is 1.82. The minimum absolute atomic E-state index is 0.136. The summed E-state index contributed by atoms with van der Waals surface area (Å²) in [6.07, 6.45) is 3.48. The van der Waals surface area contributed by atoms with Crippen LogP contribution in [0.5, 0.6) is 0 Å². The van der Waals surface area contributed by atoms with Crippen molar-refractivity contribution >= 4 is 0 Å². The van der Waals surface area contributed by atoms with Crippen LogP contribution in [0.2, 0.25) is 0 Å². The number of nitrogens with zero attached hydrogens (tertiary/aromatic N) is 2. The Balaban J connectivity index is 1.52. The zero-order chi connectivity index (χ0) is 13.9. The fraction of sp³-hybridized carbons (Fsp3) is 0.625. The van der Waals surface area contributed by atoms with E-state index >= 15 is 0 Å². The summed E-state index contributed by atoms with van der Waals surface area (Å²) in [5, 5.41) is 0. The van der Waals surface area contributed by atoms with Gasteiger partial charge in [-0.25, -0.2) is 4.39 Å². The van der Waals surface area contributed by atoms with E-state index in [1.54, 1.807) is 12.1 Å². The lowest BCUT2D eigenvalue weighted by Gasteiger charge is -2.34. The van der Waals surface area contributed by atoms with Crippen LogP contribution in [-0.2, 0) is 6.54 Å². The second-order valence-corrected chi connectivity index (χ2v) is 6.18. The number of piperidine rings is 1. The summed E-state index contributed by atoms with van der Waals surface area (Å²) in [5.74, 6) is -0.136. The molecule has 2 heterocycles. The second kappa shape index (κ2) is 6.20. The highest BCUT2D eigenvalue weighted by molar-refractivity contribution is 5.16. The topological polar surface area (TPSA) is 32.5 Å². The van der Waals surface area contributed by atoms with Gasteiger partial charge in [0.05, 0.1) is 0 Å². The minimum Gasteiger partial charge on any atom is -0.328 e. The Kier molecular flexibility index (Phi) is 4.34. The van der Waals surface area contributed by atoms with E-state index in [1.165, 1.54) is 12.5 Å². The molecule has 0 spiro atoms. The van der Waals surface area contributed by atoms with Crippen molar-refractivity contribution in [2.75, 3.05) is 26.2 Å². The first-order chi connectivity index (χ1) is 9.70. The molecular weight excluding hydrogens is 253 g/mol. The molecule has 2 N–H and O–H groups in total. The van der Waals surface area contributed by atoms with Gasteiger partial charge in [0.15, 0.2) is 0 Å². The molecule has 0 bridgehead atoms. The molecule has 1 aromatic rings. The number of nitrogens with two attached hydrogens (primary N) is 1. The first-order valence-electron chi connectivity index (χ1n) is 7.67.